The highest BCUT2D eigenvalue weighted by Crippen LogP contribution is 2.37. The van der Waals surface area contributed by atoms with Crippen molar-refractivity contribution in [3.8, 4) is 11.4 Å². The molecule has 2 aromatic carbocycles. The van der Waals surface area contributed by atoms with Gasteiger partial charge < -0.3 is 9.84 Å². The normalized spacial score (nSPS) is 16.9. The lowest BCUT2D eigenvalue weighted by atomic mass is 9.94. The number of nitrogens with one attached hydrogen (secondary N) is 1. The second-order valence-corrected chi connectivity index (χ2v) is 7.33. The standard InChI is InChI=1S/C23H24N4O2/c1-5-27-16(4)19(20(24-23(27)28)17-11-9-14(2)10-12-17)22-25-21(26-29-22)18-8-6-7-15(3)13-18/h6-13,20H,5H2,1-4H3,(H,24,28). The molecule has 1 atom stereocenters. The fraction of sp³-hybridized carbons (Fsp3) is 0.261. The first-order valence-electron chi connectivity index (χ1n) is 9.74. The minimum Gasteiger partial charge on any atom is -0.334 e. The second kappa shape index (κ2) is 7.54. The molecule has 6 nitrogen and oxygen atoms in total. The van der Waals surface area contributed by atoms with Crippen LogP contribution in [0.3, 0.4) is 0 Å². The van der Waals surface area contributed by atoms with Gasteiger partial charge in [0.15, 0.2) is 0 Å². The lowest BCUT2D eigenvalue weighted by Crippen LogP contribution is -2.45. The van der Waals surface area contributed by atoms with E-state index in [1.165, 1.54) is 0 Å². The van der Waals surface area contributed by atoms with E-state index in [-0.39, 0.29) is 12.1 Å². The zero-order chi connectivity index (χ0) is 20.5. The van der Waals surface area contributed by atoms with Gasteiger partial charge in [-0.1, -0.05) is 58.7 Å². The number of amides is 2. The molecule has 6 heteroatoms. The summed E-state index contributed by atoms with van der Waals surface area (Å²) in [6, 6.07) is 15.6. The van der Waals surface area contributed by atoms with Crippen LogP contribution in [0.5, 0.6) is 0 Å². The monoisotopic (exact) mass is 388 g/mol. The predicted octanol–water partition coefficient (Wildman–Crippen LogP) is 4.87. The zero-order valence-corrected chi connectivity index (χ0v) is 17.1. The van der Waals surface area contributed by atoms with Gasteiger partial charge >= 0.3 is 6.03 Å². The van der Waals surface area contributed by atoms with Crippen molar-refractivity contribution in [2.75, 3.05) is 6.54 Å². The van der Waals surface area contributed by atoms with Crippen molar-refractivity contribution >= 4 is 11.6 Å². The maximum atomic E-state index is 12.6. The molecule has 1 aliphatic rings. The van der Waals surface area contributed by atoms with Gasteiger partial charge in [0, 0.05) is 17.8 Å². The Morgan fingerprint density at radius 3 is 2.52 bits per heavy atom. The van der Waals surface area contributed by atoms with E-state index in [0.29, 0.717) is 18.3 Å². The number of nitrogens with zero attached hydrogens (tertiary/aromatic N) is 3. The molecule has 0 saturated heterocycles. The molecule has 2 heterocycles. The van der Waals surface area contributed by atoms with E-state index in [2.05, 4.69) is 15.5 Å². The summed E-state index contributed by atoms with van der Waals surface area (Å²) >= 11 is 0. The van der Waals surface area contributed by atoms with Crippen LogP contribution >= 0.6 is 0 Å². The molecule has 0 fully saturated rings. The van der Waals surface area contributed by atoms with Crippen LogP contribution in [0.2, 0.25) is 0 Å². The maximum absolute atomic E-state index is 12.6. The Hall–Kier alpha value is -3.41. The Bertz CT molecular complexity index is 1080. The number of rotatable bonds is 4. The fourth-order valence-electron chi connectivity index (χ4n) is 3.68. The lowest BCUT2D eigenvalue weighted by Gasteiger charge is -2.34. The number of allylic oxidation sites excluding steroid dienone is 1. The number of benzene rings is 2. The van der Waals surface area contributed by atoms with Gasteiger partial charge in [-0.2, -0.15) is 4.98 Å². The molecule has 1 N–H and O–H groups in total. The van der Waals surface area contributed by atoms with E-state index >= 15 is 0 Å². The first-order valence-corrected chi connectivity index (χ1v) is 9.74. The Kier molecular flexibility index (Phi) is 4.92. The third-order valence-electron chi connectivity index (χ3n) is 5.26. The topological polar surface area (TPSA) is 71.3 Å². The van der Waals surface area contributed by atoms with Crippen molar-refractivity contribution in [3.05, 3.63) is 76.8 Å². The van der Waals surface area contributed by atoms with E-state index in [4.69, 9.17) is 4.52 Å². The minimum absolute atomic E-state index is 0.127. The van der Waals surface area contributed by atoms with Gasteiger partial charge in [-0.3, -0.25) is 4.90 Å². The number of carbonyl (C=O) groups excluding carboxylic acids is 1. The summed E-state index contributed by atoms with van der Waals surface area (Å²) in [5.41, 5.74) is 5.81. The molecule has 1 aromatic heterocycles. The van der Waals surface area contributed by atoms with Crippen molar-refractivity contribution in [2.45, 2.75) is 33.7 Å². The van der Waals surface area contributed by atoms with Crippen molar-refractivity contribution in [1.29, 1.82) is 0 Å². The van der Waals surface area contributed by atoms with E-state index in [1.54, 1.807) is 4.90 Å². The van der Waals surface area contributed by atoms with Gasteiger partial charge in [-0.25, -0.2) is 4.79 Å². The van der Waals surface area contributed by atoms with Crippen LogP contribution in [0, 0.1) is 13.8 Å². The molecule has 0 radical (unpaired) electrons. The summed E-state index contributed by atoms with van der Waals surface area (Å²) < 4.78 is 5.68. The van der Waals surface area contributed by atoms with E-state index < -0.39 is 0 Å². The van der Waals surface area contributed by atoms with Crippen molar-refractivity contribution in [3.63, 3.8) is 0 Å². The van der Waals surface area contributed by atoms with Gasteiger partial charge in [0.2, 0.25) is 5.82 Å². The van der Waals surface area contributed by atoms with E-state index in [9.17, 15) is 4.79 Å². The van der Waals surface area contributed by atoms with Crippen LogP contribution in [0.1, 0.15) is 42.5 Å². The molecular weight excluding hydrogens is 364 g/mol. The summed E-state index contributed by atoms with van der Waals surface area (Å²) in [5.74, 6) is 0.953. The molecular formula is C23H24N4O2. The first-order chi connectivity index (χ1) is 14.0. The van der Waals surface area contributed by atoms with Crippen molar-refractivity contribution in [1.82, 2.24) is 20.4 Å². The van der Waals surface area contributed by atoms with Gasteiger partial charge in [0.25, 0.3) is 5.89 Å². The van der Waals surface area contributed by atoms with Crippen molar-refractivity contribution < 1.29 is 9.32 Å². The van der Waals surface area contributed by atoms with Crippen molar-refractivity contribution in [2.24, 2.45) is 0 Å². The SMILES string of the molecule is CCN1C(=O)NC(c2ccc(C)cc2)C(c2nc(-c3cccc(C)c3)no2)=C1C. The minimum atomic E-state index is -0.350. The largest absolute Gasteiger partial charge is 0.334 e. The molecule has 3 aromatic rings. The Balaban J connectivity index is 1.81. The second-order valence-electron chi connectivity index (χ2n) is 7.33. The Morgan fingerprint density at radius 1 is 1.07 bits per heavy atom. The quantitative estimate of drug-likeness (QED) is 0.692. The average Bonchev–Trinajstić information content (AvgIpc) is 3.18. The van der Waals surface area contributed by atoms with Gasteiger partial charge in [-0.05, 0) is 39.3 Å². The first kappa shape index (κ1) is 18.9. The molecule has 1 aliphatic heterocycles. The summed E-state index contributed by atoms with van der Waals surface area (Å²) in [7, 11) is 0. The number of hydrogen-bond acceptors (Lipinski definition) is 4. The van der Waals surface area contributed by atoms with Gasteiger partial charge in [0.1, 0.15) is 0 Å². The maximum Gasteiger partial charge on any atom is 0.322 e. The van der Waals surface area contributed by atoms with Crippen LogP contribution in [0.4, 0.5) is 4.79 Å². The molecule has 0 aliphatic carbocycles. The molecule has 0 bridgehead atoms. The molecule has 29 heavy (non-hydrogen) atoms. The van der Waals surface area contributed by atoms with Crippen LogP contribution in [-0.4, -0.2) is 27.6 Å². The number of carbonyl (C=O) groups is 1. The highest BCUT2D eigenvalue weighted by atomic mass is 16.5. The molecule has 0 spiro atoms. The molecule has 4 rings (SSSR count). The lowest BCUT2D eigenvalue weighted by molar-refractivity contribution is 0.207. The van der Waals surface area contributed by atoms with E-state index in [1.807, 2.05) is 76.2 Å². The van der Waals surface area contributed by atoms with Crippen LogP contribution in [0.15, 0.2) is 58.8 Å². The number of urea groups is 1. The summed E-state index contributed by atoms with van der Waals surface area (Å²) in [5, 5.41) is 7.29. The molecule has 148 valence electrons. The summed E-state index contributed by atoms with van der Waals surface area (Å²) in [6.07, 6.45) is 0. The number of hydrogen-bond donors (Lipinski definition) is 1. The summed E-state index contributed by atoms with van der Waals surface area (Å²) in [4.78, 5) is 19.0. The Morgan fingerprint density at radius 2 is 1.83 bits per heavy atom. The number of aromatic nitrogens is 2. The van der Waals surface area contributed by atoms with E-state index in [0.717, 1.165) is 33.5 Å². The smallest absolute Gasteiger partial charge is 0.322 e. The van der Waals surface area contributed by atoms with Crippen LogP contribution in [0.25, 0.3) is 17.0 Å². The number of aryl methyl sites for hydroxylation is 2. The predicted molar refractivity (Wildman–Crippen MR) is 112 cm³/mol. The molecule has 2 amide bonds. The highest BCUT2D eigenvalue weighted by molar-refractivity contribution is 5.86. The van der Waals surface area contributed by atoms with Gasteiger partial charge in [0.05, 0.1) is 11.6 Å². The van der Waals surface area contributed by atoms with Crippen LogP contribution in [-0.2, 0) is 0 Å². The third-order valence-corrected chi connectivity index (χ3v) is 5.26. The molecule has 1 unspecified atom stereocenters. The summed E-state index contributed by atoms with van der Waals surface area (Å²) in [6.45, 7) is 8.49. The highest BCUT2D eigenvalue weighted by Gasteiger charge is 2.35. The Labute approximate surface area is 170 Å². The zero-order valence-electron chi connectivity index (χ0n) is 17.1. The fourth-order valence-corrected chi connectivity index (χ4v) is 3.68. The van der Waals surface area contributed by atoms with Gasteiger partial charge in [-0.15, -0.1) is 0 Å². The average molecular weight is 388 g/mol. The van der Waals surface area contributed by atoms with Crippen LogP contribution < -0.4 is 5.32 Å². The third kappa shape index (κ3) is 3.53. The molecule has 0 saturated carbocycles.